The smallest absolute Gasteiger partial charge is 0.352 e. The molecule has 0 atom stereocenters. The fourth-order valence-corrected chi connectivity index (χ4v) is 3.33. The van der Waals surface area contributed by atoms with Gasteiger partial charge in [-0.3, -0.25) is 0 Å². The Kier molecular flexibility index (Phi) is 5.56. The minimum Gasteiger partial charge on any atom is -0.352 e. The number of piperidine rings is 1. The topological polar surface area (TPSA) is 55.8 Å². The van der Waals surface area contributed by atoms with Crippen LogP contribution in [-0.4, -0.2) is 44.8 Å². The third kappa shape index (κ3) is 4.98. The highest BCUT2D eigenvalue weighted by Gasteiger charge is 2.28. The Morgan fingerprint density at radius 1 is 0.947 bits per heavy atom. The minimum absolute atomic E-state index is 0.0263. The van der Waals surface area contributed by atoms with E-state index in [1.807, 2.05) is 0 Å². The molecule has 2 rings (SSSR count). The van der Waals surface area contributed by atoms with E-state index >= 15 is 0 Å². The SMILES string of the molecule is O=S(=O)(F)N1CCC(OCOC2CCCCC2)CC1. The first kappa shape index (κ1) is 15.2. The molecule has 1 saturated carbocycles. The number of rotatable bonds is 5. The van der Waals surface area contributed by atoms with E-state index in [0.29, 0.717) is 18.9 Å². The van der Waals surface area contributed by atoms with E-state index in [1.54, 1.807) is 0 Å². The molecule has 0 N–H and O–H groups in total. The molecule has 2 fully saturated rings. The maximum atomic E-state index is 12.7. The predicted octanol–water partition coefficient (Wildman–Crippen LogP) is 1.99. The number of ether oxygens (including phenoxy) is 2. The third-order valence-corrected chi connectivity index (χ3v) is 4.85. The summed E-state index contributed by atoms with van der Waals surface area (Å²) in [7, 11) is -4.54. The Hall–Kier alpha value is -0.240. The molecule has 0 bridgehead atoms. The number of hydrogen-bond donors (Lipinski definition) is 0. The van der Waals surface area contributed by atoms with Gasteiger partial charge in [-0.15, -0.1) is 0 Å². The van der Waals surface area contributed by atoms with Crippen LogP contribution in [-0.2, 0) is 19.9 Å². The lowest BCUT2D eigenvalue weighted by Gasteiger charge is -2.29. The van der Waals surface area contributed by atoms with Crippen molar-refractivity contribution in [2.45, 2.75) is 57.2 Å². The predicted molar refractivity (Wildman–Crippen MR) is 68.5 cm³/mol. The standard InChI is InChI=1S/C12H22FNO4S/c13-19(15,16)14-8-6-12(7-9-14)18-10-17-11-4-2-1-3-5-11/h11-12H,1-10H2. The van der Waals surface area contributed by atoms with Crippen LogP contribution < -0.4 is 0 Å². The van der Waals surface area contributed by atoms with Gasteiger partial charge in [0.25, 0.3) is 0 Å². The molecule has 19 heavy (non-hydrogen) atoms. The van der Waals surface area contributed by atoms with Gasteiger partial charge in [0, 0.05) is 13.1 Å². The molecule has 7 heteroatoms. The molecule has 0 aromatic rings. The second kappa shape index (κ2) is 6.97. The van der Waals surface area contributed by atoms with Crippen LogP contribution in [0.1, 0.15) is 44.9 Å². The molecule has 2 aliphatic rings. The van der Waals surface area contributed by atoms with E-state index in [9.17, 15) is 12.3 Å². The van der Waals surface area contributed by atoms with Gasteiger partial charge in [0.2, 0.25) is 0 Å². The van der Waals surface area contributed by atoms with Crippen LogP contribution in [0.25, 0.3) is 0 Å². The second-order valence-corrected chi connectivity index (χ2v) is 6.59. The molecule has 0 radical (unpaired) electrons. The molecule has 0 aromatic heterocycles. The molecule has 1 aliphatic carbocycles. The monoisotopic (exact) mass is 295 g/mol. The largest absolute Gasteiger partial charge is 0.374 e. The summed E-state index contributed by atoms with van der Waals surface area (Å²) in [6.07, 6.45) is 7.26. The van der Waals surface area contributed by atoms with E-state index in [0.717, 1.165) is 17.1 Å². The fraction of sp³-hybridized carbons (Fsp3) is 1.00. The average molecular weight is 295 g/mol. The zero-order chi connectivity index (χ0) is 13.7. The Balaban J connectivity index is 1.60. The molecule has 0 amide bonds. The lowest BCUT2D eigenvalue weighted by molar-refractivity contribution is -0.132. The summed E-state index contributed by atoms with van der Waals surface area (Å²) in [5.41, 5.74) is 0. The van der Waals surface area contributed by atoms with E-state index in [-0.39, 0.29) is 26.0 Å². The van der Waals surface area contributed by atoms with Gasteiger partial charge in [-0.25, -0.2) is 0 Å². The number of halogens is 1. The maximum Gasteiger partial charge on any atom is 0.374 e. The molecule has 5 nitrogen and oxygen atoms in total. The lowest BCUT2D eigenvalue weighted by atomic mass is 9.98. The van der Waals surface area contributed by atoms with Gasteiger partial charge < -0.3 is 9.47 Å². The van der Waals surface area contributed by atoms with Gasteiger partial charge in [-0.1, -0.05) is 23.1 Å². The molecule has 1 heterocycles. The van der Waals surface area contributed by atoms with Gasteiger partial charge in [-0.05, 0) is 25.7 Å². The number of nitrogens with zero attached hydrogens (tertiary/aromatic N) is 1. The van der Waals surface area contributed by atoms with Crippen molar-refractivity contribution in [1.29, 1.82) is 0 Å². The average Bonchev–Trinajstić information content (AvgIpc) is 2.39. The van der Waals surface area contributed by atoms with Gasteiger partial charge in [0.15, 0.2) is 0 Å². The molecule has 0 aromatic carbocycles. The maximum absolute atomic E-state index is 12.7. The highest BCUT2D eigenvalue weighted by molar-refractivity contribution is 7.83. The fourth-order valence-electron chi connectivity index (χ4n) is 2.68. The summed E-state index contributed by atoms with van der Waals surface area (Å²) in [6.45, 7) is 0.636. The van der Waals surface area contributed by atoms with Crippen molar-refractivity contribution in [2.24, 2.45) is 0 Å². The normalized spacial score (nSPS) is 24.7. The summed E-state index contributed by atoms with van der Waals surface area (Å²) < 4.78 is 46.2. The van der Waals surface area contributed by atoms with Crippen LogP contribution >= 0.6 is 0 Å². The lowest BCUT2D eigenvalue weighted by Crippen LogP contribution is -2.39. The Labute approximate surface area is 114 Å². The summed E-state index contributed by atoms with van der Waals surface area (Å²) in [5.74, 6) is 0. The van der Waals surface area contributed by atoms with E-state index in [1.165, 1.54) is 19.3 Å². The van der Waals surface area contributed by atoms with Crippen molar-refractivity contribution in [2.75, 3.05) is 19.9 Å². The highest BCUT2D eigenvalue weighted by Crippen LogP contribution is 2.21. The molecular weight excluding hydrogens is 273 g/mol. The minimum atomic E-state index is -4.54. The summed E-state index contributed by atoms with van der Waals surface area (Å²) in [5, 5.41) is 0. The third-order valence-electron chi connectivity index (χ3n) is 3.87. The number of hydrogen-bond acceptors (Lipinski definition) is 4. The second-order valence-electron chi connectivity index (χ2n) is 5.25. The van der Waals surface area contributed by atoms with Crippen molar-refractivity contribution in [3.63, 3.8) is 0 Å². The van der Waals surface area contributed by atoms with Gasteiger partial charge in [0.1, 0.15) is 6.79 Å². The van der Waals surface area contributed by atoms with E-state index in [2.05, 4.69) is 0 Å². The first-order valence-electron chi connectivity index (χ1n) is 6.98. The van der Waals surface area contributed by atoms with Crippen LogP contribution in [0.5, 0.6) is 0 Å². The molecular formula is C12H22FNO4S. The quantitative estimate of drug-likeness (QED) is 0.575. The van der Waals surface area contributed by atoms with Crippen molar-refractivity contribution in [3.8, 4) is 0 Å². The van der Waals surface area contributed by atoms with Crippen molar-refractivity contribution in [1.82, 2.24) is 4.31 Å². The molecule has 1 aliphatic heterocycles. The Morgan fingerprint density at radius 2 is 1.47 bits per heavy atom. The zero-order valence-electron chi connectivity index (χ0n) is 11.1. The zero-order valence-corrected chi connectivity index (χ0v) is 11.9. The van der Waals surface area contributed by atoms with Gasteiger partial charge in [-0.2, -0.15) is 12.7 Å². The van der Waals surface area contributed by atoms with E-state index < -0.39 is 10.4 Å². The molecule has 112 valence electrons. The van der Waals surface area contributed by atoms with Gasteiger partial charge in [0.05, 0.1) is 12.2 Å². The Bertz CT molecular complexity index is 362. The summed E-state index contributed by atoms with van der Waals surface area (Å²) >= 11 is 0. The summed E-state index contributed by atoms with van der Waals surface area (Å²) in [4.78, 5) is 0. The molecule has 0 unspecified atom stereocenters. The molecule has 1 saturated heterocycles. The van der Waals surface area contributed by atoms with Crippen LogP contribution in [0.2, 0.25) is 0 Å². The Morgan fingerprint density at radius 3 is 2.00 bits per heavy atom. The summed E-state index contributed by atoms with van der Waals surface area (Å²) in [6, 6.07) is 0. The molecule has 0 spiro atoms. The van der Waals surface area contributed by atoms with Gasteiger partial charge >= 0.3 is 10.4 Å². The first-order valence-corrected chi connectivity index (χ1v) is 8.32. The van der Waals surface area contributed by atoms with Crippen LogP contribution in [0, 0.1) is 0 Å². The highest BCUT2D eigenvalue weighted by atomic mass is 32.3. The first-order chi connectivity index (χ1) is 9.05. The van der Waals surface area contributed by atoms with Crippen molar-refractivity contribution >= 4 is 10.4 Å². The van der Waals surface area contributed by atoms with Crippen molar-refractivity contribution in [3.05, 3.63) is 0 Å². The van der Waals surface area contributed by atoms with Crippen LogP contribution in [0.3, 0.4) is 0 Å². The van der Waals surface area contributed by atoms with Crippen LogP contribution in [0.15, 0.2) is 0 Å². The van der Waals surface area contributed by atoms with Crippen molar-refractivity contribution < 1.29 is 21.8 Å². The van der Waals surface area contributed by atoms with Crippen LogP contribution in [0.4, 0.5) is 3.89 Å². The van der Waals surface area contributed by atoms with E-state index in [4.69, 9.17) is 9.47 Å².